The van der Waals surface area contributed by atoms with Crippen LogP contribution in [-0.2, 0) is 5.54 Å². The van der Waals surface area contributed by atoms with E-state index in [4.69, 9.17) is 10.5 Å². The molecule has 0 saturated heterocycles. The second-order valence-corrected chi connectivity index (χ2v) is 5.39. The van der Waals surface area contributed by atoms with Gasteiger partial charge in [0, 0.05) is 6.04 Å². The van der Waals surface area contributed by atoms with E-state index < -0.39 is 0 Å². The summed E-state index contributed by atoms with van der Waals surface area (Å²) in [5, 5.41) is 0. The van der Waals surface area contributed by atoms with Crippen LogP contribution in [0, 0.1) is 0 Å². The van der Waals surface area contributed by atoms with E-state index in [1.807, 2.05) is 12.1 Å². The van der Waals surface area contributed by atoms with E-state index in [0.717, 1.165) is 25.0 Å². The zero-order valence-corrected chi connectivity index (χ0v) is 12.9. The van der Waals surface area contributed by atoms with Gasteiger partial charge in [-0.15, -0.1) is 0 Å². The highest BCUT2D eigenvalue weighted by Crippen LogP contribution is 2.32. The van der Waals surface area contributed by atoms with Crippen molar-refractivity contribution in [1.82, 2.24) is 4.90 Å². The van der Waals surface area contributed by atoms with Crippen LogP contribution in [-0.4, -0.2) is 32.1 Å². The highest BCUT2D eigenvalue weighted by atomic mass is 16.5. The first kappa shape index (κ1) is 16.0. The fourth-order valence-corrected chi connectivity index (χ4v) is 2.78. The lowest BCUT2D eigenvalue weighted by Gasteiger charge is -2.41. The lowest BCUT2D eigenvalue weighted by Crippen LogP contribution is -2.53. The van der Waals surface area contributed by atoms with E-state index in [2.05, 4.69) is 45.0 Å². The third-order valence-electron chi connectivity index (χ3n) is 3.99. The Hall–Kier alpha value is -1.06. The maximum absolute atomic E-state index is 6.76. The highest BCUT2D eigenvalue weighted by molar-refractivity contribution is 5.33. The molecule has 0 aromatic heterocycles. The molecule has 1 aromatic rings. The number of nitrogens with two attached hydrogens (primary N) is 1. The molecule has 1 aromatic carbocycles. The Balaban J connectivity index is 3.11. The van der Waals surface area contributed by atoms with Crippen molar-refractivity contribution in [3.8, 4) is 5.75 Å². The summed E-state index contributed by atoms with van der Waals surface area (Å²) in [4.78, 5) is 2.25. The molecule has 0 radical (unpaired) electrons. The molecule has 2 atom stereocenters. The quantitative estimate of drug-likeness (QED) is 0.823. The Kier molecular flexibility index (Phi) is 5.83. The Morgan fingerprint density at radius 1 is 1.21 bits per heavy atom. The van der Waals surface area contributed by atoms with Gasteiger partial charge in [0.15, 0.2) is 0 Å². The molecule has 0 bridgehead atoms. The van der Waals surface area contributed by atoms with Gasteiger partial charge < -0.3 is 15.4 Å². The molecule has 2 unspecified atom stereocenters. The van der Waals surface area contributed by atoms with Crippen molar-refractivity contribution in [3.63, 3.8) is 0 Å². The Bertz CT molecular complexity index is 375. The van der Waals surface area contributed by atoms with Crippen LogP contribution in [0.15, 0.2) is 24.3 Å². The van der Waals surface area contributed by atoms with Gasteiger partial charge in [-0.1, -0.05) is 32.4 Å². The number of ether oxygens (including phenoxy) is 1. The molecule has 3 nitrogen and oxygen atoms in total. The van der Waals surface area contributed by atoms with Crippen molar-refractivity contribution < 1.29 is 4.74 Å². The van der Waals surface area contributed by atoms with Gasteiger partial charge in [-0.05, 0) is 44.6 Å². The first-order valence-corrected chi connectivity index (χ1v) is 7.09. The predicted octanol–water partition coefficient (Wildman–Crippen LogP) is 2.99. The van der Waals surface area contributed by atoms with Crippen molar-refractivity contribution in [3.05, 3.63) is 29.8 Å². The third kappa shape index (κ3) is 3.48. The summed E-state index contributed by atoms with van der Waals surface area (Å²) in [5.41, 5.74) is 7.63. The van der Waals surface area contributed by atoms with Crippen LogP contribution in [0.5, 0.6) is 5.75 Å². The summed E-state index contributed by atoms with van der Waals surface area (Å²) in [5.74, 6) is 0.874. The number of hydrogen-bond donors (Lipinski definition) is 1. The maximum Gasteiger partial charge on any atom is 0.118 e. The first-order valence-electron chi connectivity index (χ1n) is 7.09. The van der Waals surface area contributed by atoms with Gasteiger partial charge in [-0.25, -0.2) is 0 Å². The number of likely N-dealkylation sites (N-methyl/N-ethyl adjacent to an activating group) is 1. The van der Waals surface area contributed by atoms with Crippen molar-refractivity contribution in [2.75, 3.05) is 21.2 Å². The second kappa shape index (κ2) is 6.92. The topological polar surface area (TPSA) is 38.5 Å². The van der Waals surface area contributed by atoms with Crippen molar-refractivity contribution in [2.45, 2.75) is 44.7 Å². The molecule has 108 valence electrons. The van der Waals surface area contributed by atoms with E-state index >= 15 is 0 Å². The highest BCUT2D eigenvalue weighted by Gasteiger charge is 2.35. The van der Waals surface area contributed by atoms with Crippen LogP contribution in [0.1, 0.15) is 38.7 Å². The van der Waals surface area contributed by atoms with E-state index in [-0.39, 0.29) is 5.54 Å². The fourth-order valence-electron chi connectivity index (χ4n) is 2.78. The molecule has 0 fully saturated rings. The van der Waals surface area contributed by atoms with Gasteiger partial charge in [0.05, 0.1) is 12.6 Å². The molecule has 0 heterocycles. The molecule has 0 aliphatic rings. The molecular weight excluding hydrogens is 236 g/mol. The zero-order chi connectivity index (χ0) is 14.5. The lowest BCUT2D eigenvalue weighted by atomic mass is 9.79. The number of nitrogens with zero attached hydrogens (tertiary/aromatic N) is 1. The number of benzene rings is 1. The van der Waals surface area contributed by atoms with Gasteiger partial charge in [0.1, 0.15) is 5.75 Å². The molecule has 0 saturated carbocycles. The summed E-state index contributed by atoms with van der Waals surface area (Å²) in [7, 11) is 5.91. The minimum absolute atomic E-state index is 0.314. The van der Waals surface area contributed by atoms with Gasteiger partial charge >= 0.3 is 0 Å². The van der Waals surface area contributed by atoms with E-state index in [9.17, 15) is 0 Å². The molecule has 19 heavy (non-hydrogen) atoms. The molecule has 0 amide bonds. The molecule has 1 rings (SSSR count). The zero-order valence-electron chi connectivity index (χ0n) is 12.9. The summed E-state index contributed by atoms with van der Waals surface area (Å²) in [6.45, 7) is 4.37. The van der Waals surface area contributed by atoms with E-state index in [1.54, 1.807) is 7.11 Å². The normalized spacial score (nSPS) is 16.2. The number of methoxy groups -OCH3 is 1. The van der Waals surface area contributed by atoms with Crippen molar-refractivity contribution >= 4 is 0 Å². The SMILES string of the molecule is CCCC(N(C)C)C(N)(CC)c1ccc(OC)cc1. The summed E-state index contributed by atoms with van der Waals surface area (Å²) < 4.78 is 5.22. The van der Waals surface area contributed by atoms with Gasteiger partial charge in [-0.2, -0.15) is 0 Å². The van der Waals surface area contributed by atoms with Crippen LogP contribution >= 0.6 is 0 Å². The van der Waals surface area contributed by atoms with Gasteiger partial charge in [-0.3, -0.25) is 0 Å². The molecule has 0 spiro atoms. The van der Waals surface area contributed by atoms with Crippen molar-refractivity contribution in [1.29, 1.82) is 0 Å². The van der Waals surface area contributed by atoms with Gasteiger partial charge in [0.2, 0.25) is 0 Å². The standard InChI is InChI=1S/C16H28N2O/c1-6-8-15(18(3)4)16(17,7-2)13-9-11-14(19-5)12-10-13/h9-12,15H,6-8,17H2,1-5H3. The Morgan fingerprint density at radius 2 is 1.79 bits per heavy atom. The summed E-state index contributed by atoms with van der Waals surface area (Å²) in [6, 6.07) is 8.51. The minimum atomic E-state index is -0.314. The van der Waals surface area contributed by atoms with Crippen molar-refractivity contribution in [2.24, 2.45) is 5.73 Å². The smallest absolute Gasteiger partial charge is 0.118 e. The largest absolute Gasteiger partial charge is 0.497 e. The maximum atomic E-state index is 6.76. The first-order chi connectivity index (χ1) is 8.99. The minimum Gasteiger partial charge on any atom is -0.497 e. The molecule has 0 aliphatic heterocycles. The second-order valence-electron chi connectivity index (χ2n) is 5.39. The Morgan fingerprint density at radius 3 is 2.16 bits per heavy atom. The van der Waals surface area contributed by atoms with E-state index in [0.29, 0.717) is 6.04 Å². The molecule has 3 heteroatoms. The van der Waals surface area contributed by atoms with Crippen LogP contribution < -0.4 is 10.5 Å². The van der Waals surface area contributed by atoms with Crippen LogP contribution in [0.25, 0.3) is 0 Å². The number of hydrogen-bond acceptors (Lipinski definition) is 3. The van der Waals surface area contributed by atoms with Crippen LogP contribution in [0.4, 0.5) is 0 Å². The van der Waals surface area contributed by atoms with Crippen LogP contribution in [0.2, 0.25) is 0 Å². The van der Waals surface area contributed by atoms with Gasteiger partial charge in [0.25, 0.3) is 0 Å². The van der Waals surface area contributed by atoms with E-state index in [1.165, 1.54) is 5.56 Å². The average Bonchev–Trinajstić information content (AvgIpc) is 2.43. The monoisotopic (exact) mass is 264 g/mol. The fraction of sp³-hybridized carbons (Fsp3) is 0.625. The summed E-state index contributed by atoms with van der Waals surface area (Å²) >= 11 is 0. The van der Waals surface area contributed by atoms with Crippen LogP contribution in [0.3, 0.4) is 0 Å². The summed E-state index contributed by atoms with van der Waals surface area (Å²) in [6.07, 6.45) is 3.16. The predicted molar refractivity (Wildman–Crippen MR) is 81.5 cm³/mol. The Labute approximate surface area is 117 Å². The third-order valence-corrected chi connectivity index (χ3v) is 3.99. The number of rotatable bonds is 7. The lowest BCUT2D eigenvalue weighted by molar-refractivity contribution is 0.159. The molecular formula is C16H28N2O. The average molecular weight is 264 g/mol. The molecule has 0 aliphatic carbocycles. The molecule has 2 N–H and O–H groups in total.